The number of aromatic nitrogens is 3. The molecule has 0 aliphatic carbocycles. The van der Waals surface area contributed by atoms with E-state index in [-0.39, 0.29) is 52.9 Å². The topological polar surface area (TPSA) is 87.0 Å². The second-order valence-electron chi connectivity index (χ2n) is 8.83. The van der Waals surface area contributed by atoms with Crippen molar-refractivity contribution in [1.29, 1.82) is 0 Å². The number of hydrogen-bond donors (Lipinski definition) is 2. The number of anilines is 1. The summed E-state index contributed by atoms with van der Waals surface area (Å²) in [4.78, 5) is 23.0. The highest BCUT2D eigenvalue weighted by Gasteiger charge is 2.34. The molecule has 1 aliphatic rings. The van der Waals surface area contributed by atoms with Crippen LogP contribution >= 0.6 is 11.8 Å². The Morgan fingerprint density at radius 1 is 1.36 bits per heavy atom. The first-order chi connectivity index (χ1) is 18.6. The highest BCUT2D eigenvalue weighted by Crippen LogP contribution is 2.39. The van der Waals surface area contributed by atoms with Gasteiger partial charge in [0.05, 0.1) is 19.7 Å². The lowest BCUT2D eigenvalue weighted by molar-refractivity contribution is -0.0330. The number of likely N-dealkylation sites (tertiary alicyclic amines) is 1. The molecule has 2 aromatic heterocycles. The third-order valence-electron chi connectivity index (χ3n) is 6.01. The van der Waals surface area contributed by atoms with E-state index < -0.39 is 17.7 Å². The highest BCUT2D eigenvalue weighted by atomic mass is 32.2. The number of amides is 1. The van der Waals surface area contributed by atoms with Crippen molar-refractivity contribution in [2.45, 2.75) is 29.2 Å². The fourth-order valence-corrected chi connectivity index (χ4v) is 4.71. The quantitative estimate of drug-likeness (QED) is 0.195. The van der Waals surface area contributed by atoms with Crippen LogP contribution in [0.25, 0.3) is 5.65 Å². The van der Waals surface area contributed by atoms with Crippen LogP contribution in [0, 0.1) is 11.8 Å². The molecule has 1 aliphatic heterocycles. The Morgan fingerprint density at radius 3 is 2.87 bits per heavy atom. The summed E-state index contributed by atoms with van der Waals surface area (Å²) in [6, 6.07) is 6.05. The van der Waals surface area contributed by atoms with Crippen molar-refractivity contribution in [3.8, 4) is 17.6 Å². The molecule has 1 saturated heterocycles. The summed E-state index contributed by atoms with van der Waals surface area (Å²) in [5.41, 5.74) is -1.42. The number of benzene rings is 1. The number of nitrogens with zero attached hydrogens (tertiary/aromatic N) is 5. The lowest BCUT2D eigenvalue weighted by Crippen LogP contribution is -2.46. The maximum atomic E-state index is 14.6. The summed E-state index contributed by atoms with van der Waals surface area (Å²) in [6.45, 7) is 0.866. The molecule has 1 amide bonds. The Hall–Kier alpha value is -3.54. The first-order valence-corrected chi connectivity index (χ1v) is 12.7. The van der Waals surface area contributed by atoms with E-state index in [2.05, 4.69) is 32.6 Å². The van der Waals surface area contributed by atoms with E-state index >= 15 is 0 Å². The van der Waals surface area contributed by atoms with E-state index in [1.54, 1.807) is 24.3 Å². The predicted molar refractivity (Wildman–Crippen MR) is 139 cm³/mol. The van der Waals surface area contributed by atoms with Crippen LogP contribution in [0.1, 0.15) is 22.5 Å². The van der Waals surface area contributed by atoms with Gasteiger partial charge in [0.2, 0.25) is 0 Å². The smallest absolute Gasteiger partial charge is 0.447 e. The minimum Gasteiger partial charge on any atom is -0.497 e. The lowest BCUT2D eigenvalue weighted by atomic mass is 10.0. The van der Waals surface area contributed by atoms with Crippen molar-refractivity contribution in [3.05, 3.63) is 47.9 Å². The van der Waals surface area contributed by atoms with Crippen LogP contribution in [0.4, 0.5) is 23.4 Å². The minimum atomic E-state index is -4.59. The molecule has 2 N–H and O–H groups in total. The highest BCUT2D eigenvalue weighted by molar-refractivity contribution is 8.00. The summed E-state index contributed by atoms with van der Waals surface area (Å²) >= 11 is -0.346. The normalized spacial score (nSPS) is 17.9. The molecule has 39 heavy (non-hydrogen) atoms. The molecular formula is C25H27F4N7O2S. The molecule has 3 heterocycles. The minimum absolute atomic E-state index is 0.0430. The van der Waals surface area contributed by atoms with Gasteiger partial charge in [-0.2, -0.15) is 13.2 Å². The molecule has 0 unspecified atom stereocenters. The van der Waals surface area contributed by atoms with Crippen LogP contribution in [-0.2, 0) is 0 Å². The Labute approximate surface area is 226 Å². The number of imidazole rings is 1. The van der Waals surface area contributed by atoms with Crippen LogP contribution in [0.3, 0.4) is 0 Å². The van der Waals surface area contributed by atoms with Gasteiger partial charge in [-0.1, -0.05) is 12.0 Å². The van der Waals surface area contributed by atoms with Crippen molar-refractivity contribution >= 4 is 29.1 Å². The zero-order valence-corrected chi connectivity index (χ0v) is 22.2. The number of nitrogens with one attached hydrogen (secondary N) is 2. The van der Waals surface area contributed by atoms with Crippen molar-refractivity contribution < 1.29 is 27.1 Å². The van der Waals surface area contributed by atoms with Crippen LogP contribution in [-0.4, -0.2) is 88.7 Å². The Bertz CT molecular complexity index is 1390. The SMILES string of the molecule is COc1cccc(C(=O)N(C)NCC#Cc2nc3c(N[C@@H]4CCN(C)C[C@@H]4F)nccn3c2SC(F)(F)F)c1. The fraction of sp³-hybridized carbons (Fsp3) is 0.400. The Morgan fingerprint density at radius 2 is 2.15 bits per heavy atom. The summed E-state index contributed by atoms with van der Waals surface area (Å²) < 4.78 is 61.2. The van der Waals surface area contributed by atoms with Gasteiger partial charge < -0.3 is 15.0 Å². The number of thioether (sulfide) groups is 1. The number of hydrogen-bond acceptors (Lipinski definition) is 8. The van der Waals surface area contributed by atoms with E-state index in [0.29, 0.717) is 24.3 Å². The predicted octanol–water partition coefficient (Wildman–Crippen LogP) is 3.43. The van der Waals surface area contributed by atoms with Crippen molar-refractivity contribution in [2.24, 2.45) is 0 Å². The van der Waals surface area contributed by atoms with Gasteiger partial charge in [-0.15, -0.1) is 0 Å². The standard InChI is InChI=1S/C25H27F4N7O2S/c1-34-12-9-19(18(26)15-34)32-21-22-33-20(24(39-25(27,28)29)36(22)13-11-30-21)8-5-10-31-35(2)23(37)16-6-4-7-17(14-16)38-3/h4,6-7,11,13-14,18-19,31H,9-10,12,15H2,1-3H3,(H,30,32)/t18-,19+/m0/s1. The number of ether oxygens (including phenoxy) is 1. The van der Waals surface area contributed by atoms with Gasteiger partial charge in [-0.25, -0.2) is 19.8 Å². The van der Waals surface area contributed by atoms with Gasteiger partial charge in [0, 0.05) is 49.9 Å². The molecular weight excluding hydrogens is 538 g/mol. The van der Waals surface area contributed by atoms with Crippen molar-refractivity contribution in [2.75, 3.05) is 46.2 Å². The molecule has 0 spiro atoms. The summed E-state index contributed by atoms with van der Waals surface area (Å²) in [6.07, 6.45) is 2.02. The van der Waals surface area contributed by atoms with Gasteiger partial charge in [0.25, 0.3) is 5.91 Å². The maximum absolute atomic E-state index is 14.6. The molecule has 1 aromatic carbocycles. The van der Waals surface area contributed by atoms with Crippen molar-refractivity contribution in [3.63, 3.8) is 0 Å². The van der Waals surface area contributed by atoms with Crippen LogP contribution in [0.2, 0.25) is 0 Å². The van der Waals surface area contributed by atoms with E-state index in [4.69, 9.17) is 4.74 Å². The van der Waals surface area contributed by atoms with Gasteiger partial charge in [0.15, 0.2) is 11.5 Å². The fourth-order valence-electron chi connectivity index (χ4n) is 4.05. The largest absolute Gasteiger partial charge is 0.497 e. The molecule has 208 valence electrons. The zero-order valence-electron chi connectivity index (χ0n) is 21.4. The number of hydrazine groups is 1. The second-order valence-corrected chi connectivity index (χ2v) is 9.89. The van der Waals surface area contributed by atoms with Crippen molar-refractivity contribution in [1.82, 2.24) is 29.7 Å². The Kier molecular flexibility index (Phi) is 8.83. The number of fused-ring (bicyclic) bond motifs is 1. The van der Waals surface area contributed by atoms with Gasteiger partial charge in [-0.3, -0.25) is 14.2 Å². The average molecular weight is 566 g/mol. The molecule has 0 bridgehead atoms. The summed E-state index contributed by atoms with van der Waals surface area (Å²) in [5.74, 6) is 5.73. The summed E-state index contributed by atoms with van der Waals surface area (Å²) in [7, 11) is 4.82. The third-order valence-corrected chi connectivity index (χ3v) is 6.83. The maximum Gasteiger partial charge on any atom is 0.447 e. The monoisotopic (exact) mass is 565 g/mol. The van der Waals surface area contributed by atoms with E-state index in [1.165, 1.54) is 36.0 Å². The van der Waals surface area contributed by atoms with E-state index in [0.717, 1.165) is 0 Å². The zero-order chi connectivity index (χ0) is 28.2. The van der Waals surface area contributed by atoms with Crippen LogP contribution in [0.5, 0.6) is 5.75 Å². The van der Waals surface area contributed by atoms with Gasteiger partial charge in [-0.05, 0) is 37.6 Å². The molecule has 9 nitrogen and oxygen atoms in total. The molecule has 1 fully saturated rings. The molecule has 0 radical (unpaired) electrons. The Balaban J connectivity index is 1.54. The number of carbonyl (C=O) groups excluding carboxylic acids is 1. The number of halogens is 4. The molecule has 4 rings (SSSR count). The average Bonchev–Trinajstić information content (AvgIpc) is 3.24. The van der Waals surface area contributed by atoms with Crippen LogP contribution in [0.15, 0.2) is 41.7 Å². The molecule has 14 heteroatoms. The number of piperidine rings is 1. The van der Waals surface area contributed by atoms with E-state index in [9.17, 15) is 22.4 Å². The number of carbonyl (C=O) groups is 1. The lowest BCUT2D eigenvalue weighted by Gasteiger charge is -2.32. The second kappa shape index (κ2) is 12.1. The van der Waals surface area contributed by atoms with E-state index in [1.807, 2.05) is 11.9 Å². The van der Waals surface area contributed by atoms with Gasteiger partial charge in [0.1, 0.15) is 22.6 Å². The number of methoxy groups -OCH3 is 1. The molecule has 0 saturated carbocycles. The number of alkyl halides is 4. The van der Waals surface area contributed by atoms with Gasteiger partial charge >= 0.3 is 5.51 Å². The molecule has 2 atom stereocenters. The molecule has 3 aromatic rings. The third kappa shape index (κ3) is 7.11. The summed E-state index contributed by atoms with van der Waals surface area (Å²) in [5, 5.41) is 4.00. The van der Waals surface area contributed by atoms with Crippen LogP contribution < -0.4 is 15.5 Å². The first kappa shape index (κ1) is 28.5. The first-order valence-electron chi connectivity index (χ1n) is 11.9. The number of rotatable bonds is 7.